The SMILES string of the molecule is CCCCCCCCCCCOC(=O)Nc1ccc(C(=O)OC)c(OC(=O)OCCCCCCCCCCC)c1. The zero-order chi connectivity index (χ0) is 29.3. The second-order valence-electron chi connectivity index (χ2n) is 10.3. The largest absolute Gasteiger partial charge is 0.513 e. The molecule has 0 aliphatic rings. The van der Waals surface area contributed by atoms with Crippen LogP contribution in [0.4, 0.5) is 15.3 Å². The Morgan fingerprint density at radius 2 is 1.12 bits per heavy atom. The molecule has 0 unspecified atom stereocenters. The maximum absolute atomic E-state index is 12.3. The van der Waals surface area contributed by atoms with Crippen LogP contribution in [0.3, 0.4) is 0 Å². The molecule has 1 aromatic carbocycles. The van der Waals surface area contributed by atoms with Gasteiger partial charge in [0.05, 0.1) is 20.3 Å². The van der Waals surface area contributed by atoms with E-state index in [9.17, 15) is 14.4 Å². The van der Waals surface area contributed by atoms with Crippen molar-refractivity contribution in [1.82, 2.24) is 0 Å². The average molecular weight is 564 g/mol. The van der Waals surface area contributed by atoms with Crippen LogP contribution in [0.15, 0.2) is 18.2 Å². The second kappa shape index (κ2) is 24.1. The first-order valence-electron chi connectivity index (χ1n) is 15.5. The third kappa shape index (κ3) is 17.7. The van der Waals surface area contributed by atoms with Gasteiger partial charge in [-0.25, -0.2) is 14.4 Å². The molecule has 0 saturated heterocycles. The molecule has 0 aromatic heterocycles. The predicted molar refractivity (Wildman–Crippen MR) is 159 cm³/mol. The van der Waals surface area contributed by atoms with Gasteiger partial charge < -0.3 is 18.9 Å². The van der Waals surface area contributed by atoms with Gasteiger partial charge in [0.2, 0.25) is 0 Å². The van der Waals surface area contributed by atoms with E-state index in [4.69, 9.17) is 18.9 Å². The number of esters is 1. The monoisotopic (exact) mass is 563 g/mol. The van der Waals surface area contributed by atoms with Gasteiger partial charge in [-0.15, -0.1) is 0 Å². The van der Waals surface area contributed by atoms with E-state index in [2.05, 4.69) is 19.2 Å². The fraction of sp³-hybridized carbons (Fsp3) is 0.719. The standard InChI is InChI=1S/C32H53NO7/c1-4-6-8-10-12-14-16-18-20-24-38-31(35)33-27-22-23-28(30(34)37-3)29(26-27)40-32(36)39-25-21-19-17-15-13-11-9-7-5-2/h22-23,26H,4-21,24-25H2,1-3H3,(H,33,35). The van der Waals surface area contributed by atoms with Crippen LogP contribution in [0.5, 0.6) is 5.75 Å². The summed E-state index contributed by atoms with van der Waals surface area (Å²) in [5.74, 6) is -0.720. The molecular formula is C32H53NO7. The lowest BCUT2D eigenvalue weighted by molar-refractivity contribution is 0.0594. The summed E-state index contributed by atoms with van der Waals surface area (Å²) in [5.41, 5.74) is 0.377. The summed E-state index contributed by atoms with van der Waals surface area (Å²) in [5, 5.41) is 2.61. The van der Waals surface area contributed by atoms with Crippen LogP contribution < -0.4 is 10.1 Å². The summed E-state index contributed by atoms with van der Waals surface area (Å²) in [6.07, 6.45) is 19.5. The molecule has 0 fully saturated rings. The number of carbonyl (C=O) groups is 3. The van der Waals surface area contributed by atoms with E-state index in [0.29, 0.717) is 12.3 Å². The van der Waals surface area contributed by atoms with Crippen LogP contribution in [-0.2, 0) is 14.2 Å². The lowest BCUT2D eigenvalue weighted by Gasteiger charge is -2.12. The minimum Gasteiger partial charge on any atom is -0.465 e. The molecular weight excluding hydrogens is 510 g/mol. The molecule has 0 bridgehead atoms. The molecule has 40 heavy (non-hydrogen) atoms. The van der Waals surface area contributed by atoms with Gasteiger partial charge in [0.15, 0.2) is 5.75 Å². The molecule has 0 spiro atoms. The third-order valence-electron chi connectivity index (χ3n) is 6.78. The van der Waals surface area contributed by atoms with Crippen LogP contribution in [0, 0.1) is 0 Å². The molecule has 1 rings (SSSR count). The summed E-state index contributed by atoms with van der Waals surface area (Å²) >= 11 is 0. The Hall–Kier alpha value is -2.77. The Kier molecular flexibility index (Phi) is 21.2. The fourth-order valence-electron chi connectivity index (χ4n) is 4.38. The van der Waals surface area contributed by atoms with Crippen molar-refractivity contribution in [2.45, 2.75) is 129 Å². The van der Waals surface area contributed by atoms with E-state index in [1.807, 2.05) is 0 Å². The van der Waals surface area contributed by atoms with E-state index < -0.39 is 18.2 Å². The number of carbonyl (C=O) groups excluding carboxylic acids is 3. The number of nitrogens with one attached hydrogen (secondary N) is 1. The molecule has 0 atom stereocenters. The smallest absolute Gasteiger partial charge is 0.465 e. The lowest BCUT2D eigenvalue weighted by atomic mass is 10.1. The number of hydrogen-bond acceptors (Lipinski definition) is 7. The number of ether oxygens (including phenoxy) is 4. The van der Waals surface area contributed by atoms with Crippen LogP contribution in [0.1, 0.15) is 140 Å². The topological polar surface area (TPSA) is 100 Å². The molecule has 0 aliphatic heterocycles. The first-order chi connectivity index (χ1) is 19.5. The van der Waals surface area contributed by atoms with Gasteiger partial charge in [0, 0.05) is 11.8 Å². The average Bonchev–Trinajstić information content (AvgIpc) is 2.94. The van der Waals surface area contributed by atoms with Crippen LogP contribution in [0.25, 0.3) is 0 Å². The predicted octanol–water partition coefficient (Wildman–Crippen LogP) is 9.60. The van der Waals surface area contributed by atoms with E-state index in [1.165, 1.54) is 102 Å². The number of amides is 1. The first kappa shape index (κ1) is 35.3. The summed E-state index contributed by atoms with van der Waals surface area (Å²) < 4.78 is 20.5. The highest BCUT2D eigenvalue weighted by molar-refractivity contribution is 5.95. The zero-order valence-corrected chi connectivity index (χ0v) is 25.2. The number of benzene rings is 1. The number of methoxy groups -OCH3 is 1. The Balaban J connectivity index is 2.38. The van der Waals surface area contributed by atoms with Gasteiger partial charge in [-0.05, 0) is 25.0 Å². The Morgan fingerprint density at radius 3 is 1.62 bits per heavy atom. The van der Waals surface area contributed by atoms with Crippen LogP contribution >= 0.6 is 0 Å². The van der Waals surface area contributed by atoms with Crippen molar-refractivity contribution in [3.05, 3.63) is 23.8 Å². The molecule has 8 heteroatoms. The van der Waals surface area contributed by atoms with E-state index in [1.54, 1.807) is 0 Å². The Labute approximate surface area is 241 Å². The van der Waals surface area contributed by atoms with Gasteiger partial charge in [-0.2, -0.15) is 0 Å². The highest BCUT2D eigenvalue weighted by atomic mass is 16.7. The second-order valence-corrected chi connectivity index (χ2v) is 10.3. The van der Waals surface area contributed by atoms with Gasteiger partial charge >= 0.3 is 18.2 Å². The highest BCUT2D eigenvalue weighted by Crippen LogP contribution is 2.25. The highest BCUT2D eigenvalue weighted by Gasteiger charge is 2.18. The van der Waals surface area contributed by atoms with Gasteiger partial charge in [0.25, 0.3) is 0 Å². The Bertz CT molecular complexity index is 827. The van der Waals surface area contributed by atoms with Crippen molar-refractivity contribution in [3.8, 4) is 5.75 Å². The zero-order valence-electron chi connectivity index (χ0n) is 25.2. The molecule has 0 saturated carbocycles. The molecule has 1 amide bonds. The summed E-state index contributed by atoms with van der Waals surface area (Å²) in [7, 11) is 1.24. The van der Waals surface area contributed by atoms with Crippen LogP contribution in [-0.4, -0.2) is 38.5 Å². The third-order valence-corrected chi connectivity index (χ3v) is 6.78. The van der Waals surface area contributed by atoms with E-state index in [-0.39, 0.29) is 17.9 Å². The minimum atomic E-state index is -0.908. The van der Waals surface area contributed by atoms with Crippen LogP contribution in [0.2, 0.25) is 0 Å². The van der Waals surface area contributed by atoms with Crippen molar-refractivity contribution in [2.75, 3.05) is 25.6 Å². The van der Waals surface area contributed by atoms with Gasteiger partial charge in [-0.3, -0.25) is 5.32 Å². The Morgan fingerprint density at radius 1 is 0.650 bits per heavy atom. The maximum atomic E-state index is 12.3. The molecule has 0 radical (unpaired) electrons. The van der Waals surface area contributed by atoms with E-state index in [0.717, 1.165) is 38.5 Å². The lowest BCUT2D eigenvalue weighted by Crippen LogP contribution is -2.16. The summed E-state index contributed by atoms with van der Waals surface area (Å²) in [6.45, 7) is 5.00. The van der Waals surface area contributed by atoms with Crippen molar-refractivity contribution in [3.63, 3.8) is 0 Å². The quantitative estimate of drug-likeness (QED) is 0.0612. The molecule has 0 aliphatic carbocycles. The van der Waals surface area contributed by atoms with E-state index >= 15 is 0 Å². The van der Waals surface area contributed by atoms with Crippen molar-refractivity contribution in [1.29, 1.82) is 0 Å². The molecule has 228 valence electrons. The number of hydrogen-bond donors (Lipinski definition) is 1. The summed E-state index contributed by atoms with van der Waals surface area (Å²) in [4.78, 5) is 36.6. The van der Waals surface area contributed by atoms with Crippen molar-refractivity contribution >= 4 is 23.9 Å². The fourth-order valence-corrected chi connectivity index (χ4v) is 4.38. The van der Waals surface area contributed by atoms with Crippen molar-refractivity contribution in [2.24, 2.45) is 0 Å². The molecule has 1 aromatic rings. The molecule has 0 heterocycles. The number of unbranched alkanes of at least 4 members (excludes halogenated alkanes) is 16. The first-order valence-corrected chi connectivity index (χ1v) is 15.5. The molecule has 1 N–H and O–H groups in total. The van der Waals surface area contributed by atoms with Gasteiger partial charge in [-0.1, -0.05) is 117 Å². The summed E-state index contributed by atoms with van der Waals surface area (Å²) in [6, 6.07) is 4.32. The number of anilines is 1. The minimum absolute atomic E-state index is 0.0520. The molecule has 8 nitrogen and oxygen atoms in total. The maximum Gasteiger partial charge on any atom is 0.513 e. The van der Waals surface area contributed by atoms with Crippen molar-refractivity contribution < 1.29 is 33.3 Å². The van der Waals surface area contributed by atoms with Gasteiger partial charge in [0.1, 0.15) is 5.56 Å². The number of rotatable bonds is 23. The normalized spacial score (nSPS) is 10.7.